The Bertz CT molecular complexity index is 352. The summed E-state index contributed by atoms with van der Waals surface area (Å²) >= 11 is 2.01. The molecule has 0 radical (unpaired) electrons. The molecule has 0 bridgehead atoms. The maximum absolute atomic E-state index is 10.2. The fraction of sp³-hybridized carbons (Fsp3) is 0.647. The van der Waals surface area contributed by atoms with E-state index in [0.717, 1.165) is 12.8 Å². The van der Waals surface area contributed by atoms with Crippen LogP contribution in [0.3, 0.4) is 0 Å². The van der Waals surface area contributed by atoms with Crippen molar-refractivity contribution in [1.29, 1.82) is 0 Å². The van der Waals surface area contributed by atoms with E-state index in [1.807, 2.05) is 11.8 Å². The molecule has 0 amide bonds. The highest BCUT2D eigenvalue weighted by atomic mass is 32.2. The lowest BCUT2D eigenvalue weighted by Crippen LogP contribution is -2.28. The van der Waals surface area contributed by atoms with E-state index in [2.05, 4.69) is 37.3 Å². The average Bonchev–Trinajstić information content (AvgIpc) is 2.46. The predicted octanol–water partition coefficient (Wildman–Crippen LogP) is 4.46. The van der Waals surface area contributed by atoms with Gasteiger partial charge in [-0.2, -0.15) is 11.8 Å². The second kappa shape index (κ2) is 7.96. The van der Waals surface area contributed by atoms with Crippen molar-refractivity contribution >= 4 is 11.8 Å². The van der Waals surface area contributed by atoms with Crippen LogP contribution in [0.2, 0.25) is 0 Å². The highest BCUT2D eigenvalue weighted by Crippen LogP contribution is 2.38. The van der Waals surface area contributed by atoms with Gasteiger partial charge in [-0.1, -0.05) is 37.3 Å². The molecule has 1 aromatic rings. The summed E-state index contributed by atoms with van der Waals surface area (Å²) in [6.07, 6.45) is 5.67. The van der Waals surface area contributed by atoms with Crippen molar-refractivity contribution in [3.63, 3.8) is 0 Å². The lowest BCUT2D eigenvalue weighted by atomic mass is 9.75. The summed E-state index contributed by atoms with van der Waals surface area (Å²) in [7, 11) is 0. The van der Waals surface area contributed by atoms with Crippen molar-refractivity contribution in [3.05, 3.63) is 35.9 Å². The second-order valence-electron chi connectivity index (χ2n) is 5.59. The van der Waals surface area contributed by atoms with Crippen LogP contribution in [0.4, 0.5) is 0 Å². The Morgan fingerprint density at radius 2 is 2.00 bits per heavy atom. The summed E-state index contributed by atoms with van der Waals surface area (Å²) < 4.78 is 0. The van der Waals surface area contributed by atoms with Crippen LogP contribution in [0.15, 0.2) is 30.3 Å². The Kier molecular flexibility index (Phi) is 6.25. The van der Waals surface area contributed by atoms with Crippen molar-refractivity contribution in [1.82, 2.24) is 0 Å². The largest absolute Gasteiger partial charge is 0.393 e. The van der Waals surface area contributed by atoms with E-state index in [1.165, 1.54) is 36.3 Å². The minimum Gasteiger partial charge on any atom is -0.393 e. The number of aliphatic hydroxyl groups excluding tert-OH is 1. The standard InChI is InChI=1S/C17H26OS/c1-2-19-12-6-9-16-13-15(10-11-17(16)18)14-7-4-3-5-8-14/h3-5,7-8,15-18H,2,6,9-13H2,1H3. The summed E-state index contributed by atoms with van der Waals surface area (Å²) in [5.74, 6) is 3.63. The van der Waals surface area contributed by atoms with Crippen molar-refractivity contribution in [2.24, 2.45) is 5.92 Å². The molecule has 1 aliphatic carbocycles. The molecule has 2 heteroatoms. The van der Waals surface area contributed by atoms with Crippen molar-refractivity contribution in [2.75, 3.05) is 11.5 Å². The van der Waals surface area contributed by atoms with Crippen LogP contribution in [-0.2, 0) is 0 Å². The van der Waals surface area contributed by atoms with Crippen molar-refractivity contribution in [2.45, 2.75) is 51.0 Å². The number of thioether (sulfide) groups is 1. The van der Waals surface area contributed by atoms with Gasteiger partial charge < -0.3 is 5.11 Å². The molecular weight excluding hydrogens is 252 g/mol. The molecule has 1 saturated carbocycles. The van der Waals surface area contributed by atoms with E-state index in [9.17, 15) is 5.11 Å². The summed E-state index contributed by atoms with van der Waals surface area (Å²) in [5, 5.41) is 10.2. The molecule has 106 valence electrons. The van der Waals surface area contributed by atoms with E-state index in [-0.39, 0.29) is 6.10 Å². The third kappa shape index (κ3) is 4.54. The van der Waals surface area contributed by atoms with E-state index in [1.54, 1.807) is 0 Å². The fourth-order valence-corrected chi connectivity index (χ4v) is 3.84. The molecule has 19 heavy (non-hydrogen) atoms. The topological polar surface area (TPSA) is 20.2 Å². The zero-order chi connectivity index (χ0) is 13.5. The molecule has 1 aliphatic rings. The number of hydrogen-bond donors (Lipinski definition) is 1. The van der Waals surface area contributed by atoms with E-state index >= 15 is 0 Å². The van der Waals surface area contributed by atoms with Gasteiger partial charge in [0.1, 0.15) is 0 Å². The van der Waals surface area contributed by atoms with Crippen molar-refractivity contribution in [3.8, 4) is 0 Å². The number of benzene rings is 1. The monoisotopic (exact) mass is 278 g/mol. The predicted molar refractivity (Wildman–Crippen MR) is 84.8 cm³/mol. The molecule has 3 atom stereocenters. The first kappa shape index (κ1) is 14.9. The van der Waals surface area contributed by atoms with Gasteiger partial charge in [0.25, 0.3) is 0 Å². The summed E-state index contributed by atoms with van der Waals surface area (Å²) in [4.78, 5) is 0. The molecule has 0 heterocycles. The average molecular weight is 278 g/mol. The Balaban J connectivity index is 1.85. The van der Waals surface area contributed by atoms with E-state index in [0.29, 0.717) is 11.8 Å². The number of hydrogen-bond acceptors (Lipinski definition) is 2. The molecule has 1 fully saturated rings. The van der Waals surface area contributed by atoms with Crippen LogP contribution < -0.4 is 0 Å². The SMILES string of the molecule is CCSCCCC1CC(c2ccccc2)CCC1O. The zero-order valence-corrected chi connectivity index (χ0v) is 12.7. The van der Waals surface area contributed by atoms with Crippen LogP contribution in [-0.4, -0.2) is 22.7 Å². The third-order valence-corrected chi connectivity index (χ3v) is 5.27. The summed E-state index contributed by atoms with van der Waals surface area (Å²) in [6, 6.07) is 10.8. The zero-order valence-electron chi connectivity index (χ0n) is 11.9. The maximum atomic E-state index is 10.2. The van der Waals surface area contributed by atoms with Gasteiger partial charge >= 0.3 is 0 Å². The van der Waals surface area contributed by atoms with Gasteiger partial charge in [-0.3, -0.25) is 0 Å². The summed E-state index contributed by atoms with van der Waals surface area (Å²) in [5.41, 5.74) is 1.46. The number of rotatable bonds is 6. The van der Waals surface area contributed by atoms with Gasteiger partial charge in [0, 0.05) is 0 Å². The fourth-order valence-electron chi connectivity index (χ4n) is 3.18. The molecule has 1 aromatic carbocycles. The normalized spacial score (nSPS) is 27.4. The molecule has 3 unspecified atom stereocenters. The lowest BCUT2D eigenvalue weighted by Gasteiger charge is -2.33. The van der Waals surface area contributed by atoms with Crippen LogP contribution in [0, 0.1) is 5.92 Å². The molecular formula is C17H26OS. The smallest absolute Gasteiger partial charge is 0.0568 e. The molecule has 0 aliphatic heterocycles. The Morgan fingerprint density at radius 3 is 2.74 bits per heavy atom. The quantitative estimate of drug-likeness (QED) is 0.775. The Labute approximate surface area is 121 Å². The van der Waals surface area contributed by atoms with Gasteiger partial charge in [-0.25, -0.2) is 0 Å². The Morgan fingerprint density at radius 1 is 1.21 bits per heavy atom. The second-order valence-corrected chi connectivity index (χ2v) is 6.98. The first-order chi connectivity index (χ1) is 9.31. The van der Waals surface area contributed by atoms with Crippen LogP contribution in [0.5, 0.6) is 0 Å². The molecule has 0 aromatic heterocycles. The van der Waals surface area contributed by atoms with E-state index < -0.39 is 0 Å². The molecule has 0 saturated heterocycles. The van der Waals surface area contributed by atoms with Crippen LogP contribution >= 0.6 is 11.8 Å². The van der Waals surface area contributed by atoms with Crippen LogP contribution in [0.25, 0.3) is 0 Å². The minimum absolute atomic E-state index is 0.0633. The molecule has 2 rings (SSSR count). The van der Waals surface area contributed by atoms with Gasteiger partial charge in [0.05, 0.1) is 6.10 Å². The third-order valence-electron chi connectivity index (χ3n) is 4.28. The number of aliphatic hydroxyl groups is 1. The van der Waals surface area contributed by atoms with Gasteiger partial charge in [0.15, 0.2) is 0 Å². The summed E-state index contributed by atoms with van der Waals surface area (Å²) in [6.45, 7) is 2.21. The highest BCUT2D eigenvalue weighted by Gasteiger charge is 2.29. The first-order valence-corrected chi connectivity index (χ1v) is 8.77. The molecule has 0 spiro atoms. The highest BCUT2D eigenvalue weighted by molar-refractivity contribution is 7.99. The molecule has 1 nitrogen and oxygen atoms in total. The van der Waals surface area contributed by atoms with Crippen molar-refractivity contribution < 1.29 is 5.11 Å². The maximum Gasteiger partial charge on any atom is 0.0568 e. The van der Waals surface area contributed by atoms with Gasteiger partial charge in [-0.05, 0) is 61.0 Å². The first-order valence-electron chi connectivity index (χ1n) is 7.62. The molecule has 1 N–H and O–H groups in total. The van der Waals surface area contributed by atoms with Crippen LogP contribution in [0.1, 0.15) is 50.5 Å². The minimum atomic E-state index is -0.0633. The lowest BCUT2D eigenvalue weighted by molar-refractivity contribution is 0.0571. The van der Waals surface area contributed by atoms with Gasteiger partial charge in [0.2, 0.25) is 0 Å². The van der Waals surface area contributed by atoms with E-state index in [4.69, 9.17) is 0 Å². The Hall–Kier alpha value is -0.470. The van der Waals surface area contributed by atoms with Gasteiger partial charge in [-0.15, -0.1) is 0 Å².